The summed E-state index contributed by atoms with van der Waals surface area (Å²) in [5.74, 6) is 1.08. The molecule has 0 fully saturated rings. The first-order valence-electron chi connectivity index (χ1n) is 7.10. The second kappa shape index (κ2) is 7.90. The van der Waals surface area contributed by atoms with Crippen LogP contribution >= 0.6 is 0 Å². The quantitative estimate of drug-likeness (QED) is 0.830. The molecule has 4 nitrogen and oxygen atoms in total. The topological polar surface area (TPSA) is 55.6 Å². The van der Waals surface area contributed by atoms with E-state index in [0.717, 1.165) is 11.3 Å². The number of benzene rings is 1. The Balaban J connectivity index is 2.43. The van der Waals surface area contributed by atoms with Crippen LogP contribution in [0.3, 0.4) is 0 Å². The van der Waals surface area contributed by atoms with Crippen LogP contribution in [0, 0.1) is 18.8 Å². The Hall–Kier alpha value is -1.55. The van der Waals surface area contributed by atoms with Gasteiger partial charge in [-0.05, 0) is 30.5 Å². The summed E-state index contributed by atoms with van der Waals surface area (Å²) in [5.41, 5.74) is 6.83. The van der Waals surface area contributed by atoms with Crippen LogP contribution in [0.2, 0.25) is 0 Å². The van der Waals surface area contributed by atoms with E-state index in [0.29, 0.717) is 19.7 Å². The molecule has 1 unspecified atom stereocenters. The number of hydrogen-bond donors (Lipinski definition) is 1. The summed E-state index contributed by atoms with van der Waals surface area (Å²) in [6.07, 6.45) is 0. The van der Waals surface area contributed by atoms with Crippen LogP contribution in [0.1, 0.15) is 19.4 Å². The molecule has 20 heavy (non-hydrogen) atoms. The molecule has 1 aromatic carbocycles. The molecular formula is C16H26N2O2. The summed E-state index contributed by atoms with van der Waals surface area (Å²) in [6, 6.07) is 7.89. The first kappa shape index (κ1) is 16.5. The molecule has 0 bridgehead atoms. The number of likely N-dealkylation sites (N-methyl/N-ethyl adjacent to an activating group) is 1. The molecular weight excluding hydrogens is 252 g/mol. The Kier molecular flexibility index (Phi) is 6.52. The first-order valence-corrected chi connectivity index (χ1v) is 7.10. The van der Waals surface area contributed by atoms with Gasteiger partial charge in [0.05, 0.1) is 12.5 Å². The lowest BCUT2D eigenvalue weighted by Crippen LogP contribution is -2.40. The third-order valence-electron chi connectivity index (χ3n) is 3.44. The zero-order valence-electron chi connectivity index (χ0n) is 12.9. The number of hydrogen-bond acceptors (Lipinski definition) is 3. The lowest BCUT2D eigenvalue weighted by atomic mass is 9.94. The maximum atomic E-state index is 12.2. The van der Waals surface area contributed by atoms with Gasteiger partial charge < -0.3 is 15.4 Å². The smallest absolute Gasteiger partial charge is 0.227 e. The zero-order valence-corrected chi connectivity index (χ0v) is 12.9. The molecule has 1 amide bonds. The summed E-state index contributed by atoms with van der Waals surface area (Å²) in [5, 5.41) is 0. The highest BCUT2D eigenvalue weighted by Gasteiger charge is 2.23. The van der Waals surface area contributed by atoms with Crippen LogP contribution in [0.15, 0.2) is 24.3 Å². The van der Waals surface area contributed by atoms with Gasteiger partial charge in [0.15, 0.2) is 0 Å². The first-order chi connectivity index (χ1) is 9.45. The SMILES string of the molecule is Cc1cccc(OCCN(C)C(=O)C(CN)C(C)C)c1. The van der Waals surface area contributed by atoms with Gasteiger partial charge in [-0.15, -0.1) is 0 Å². The molecule has 4 heteroatoms. The third kappa shape index (κ3) is 4.85. The van der Waals surface area contributed by atoms with Crippen LogP contribution in [-0.4, -0.2) is 37.6 Å². The van der Waals surface area contributed by atoms with Gasteiger partial charge in [0, 0.05) is 13.6 Å². The molecule has 0 aliphatic heterocycles. The minimum atomic E-state index is -0.112. The number of amides is 1. The summed E-state index contributed by atoms with van der Waals surface area (Å²) in [6.45, 7) is 7.51. The summed E-state index contributed by atoms with van der Waals surface area (Å²) in [7, 11) is 1.80. The lowest BCUT2D eigenvalue weighted by molar-refractivity contribution is -0.135. The number of aryl methyl sites for hydroxylation is 1. The van der Waals surface area contributed by atoms with Gasteiger partial charge in [-0.2, -0.15) is 0 Å². The molecule has 0 heterocycles. The molecule has 112 valence electrons. The van der Waals surface area contributed by atoms with Crippen LogP contribution in [0.4, 0.5) is 0 Å². The van der Waals surface area contributed by atoms with Gasteiger partial charge in [0.2, 0.25) is 5.91 Å². The second-order valence-corrected chi connectivity index (χ2v) is 5.51. The molecule has 1 rings (SSSR count). The largest absolute Gasteiger partial charge is 0.492 e. The highest BCUT2D eigenvalue weighted by Crippen LogP contribution is 2.14. The normalized spacial score (nSPS) is 12.3. The fourth-order valence-electron chi connectivity index (χ4n) is 2.06. The van der Waals surface area contributed by atoms with Crippen LogP contribution in [0.5, 0.6) is 5.75 Å². The molecule has 0 aliphatic carbocycles. The van der Waals surface area contributed by atoms with Crippen molar-refractivity contribution >= 4 is 5.91 Å². The van der Waals surface area contributed by atoms with Crippen molar-refractivity contribution in [1.82, 2.24) is 4.90 Å². The predicted molar refractivity (Wildman–Crippen MR) is 81.7 cm³/mol. The number of rotatable bonds is 7. The molecule has 1 atom stereocenters. The van der Waals surface area contributed by atoms with Crippen LogP contribution < -0.4 is 10.5 Å². The molecule has 1 aromatic rings. The van der Waals surface area contributed by atoms with Gasteiger partial charge in [-0.3, -0.25) is 4.79 Å². The number of nitrogens with two attached hydrogens (primary N) is 1. The van der Waals surface area contributed by atoms with Gasteiger partial charge in [-0.25, -0.2) is 0 Å². The van der Waals surface area contributed by atoms with E-state index in [-0.39, 0.29) is 17.7 Å². The monoisotopic (exact) mass is 278 g/mol. The van der Waals surface area contributed by atoms with Crippen molar-refractivity contribution in [2.45, 2.75) is 20.8 Å². The van der Waals surface area contributed by atoms with Crippen molar-refractivity contribution in [2.24, 2.45) is 17.6 Å². The minimum absolute atomic E-state index is 0.0929. The van der Waals surface area contributed by atoms with Crippen LogP contribution in [0.25, 0.3) is 0 Å². The number of carbonyl (C=O) groups excluding carboxylic acids is 1. The average molecular weight is 278 g/mol. The molecule has 0 saturated heterocycles. The van der Waals surface area contributed by atoms with Crippen molar-refractivity contribution in [3.63, 3.8) is 0 Å². The van der Waals surface area contributed by atoms with Crippen molar-refractivity contribution < 1.29 is 9.53 Å². The van der Waals surface area contributed by atoms with E-state index in [1.807, 2.05) is 45.0 Å². The molecule has 0 radical (unpaired) electrons. The fourth-order valence-corrected chi connectivity index (χ4v) is 2.06. The van der Waals surface area contributed by atoms with E-state index >= 15 is 0 Å². The van der Waals surface area contributed by atoms with Crippen molar-refractivity contribution in [1.29, 1.82) is 0 Å². The molecule has 0 aromatic heterocycles. The van der Waals surface area contributed by atoms with Crippen molar-refractivity contribution in [3.05, 3.63) is 29.8 Å². The zero-order chi connectivity index (χ0) is 15.1. The van der Waals surface area contributed by atoms with Crippen LogP contribution in [-0.2, 0) is 4.79 Å². The molecule has 0 saturated carbocycles. The van der Waals surface area contributed by atoms with E-state index in [2.05, 4.69) is 0 Å². The summed E-state index contributed by atoms with van der Waals surface area (Å²) in [4.78, 5) is 13.9. The van der Waals surface area contributed by atoms with Gasteiger partial charge in [0.1, 0.15) is 12.4 Å². The number of nitrogens with zero attached hydrogens (tertiary/aromatic N) is 1. The Morgan fingerprint density at radius 1 is 1.40 bits per heavy atom. The minimum Gasteiger partial charge on any atom is -0.492 e. The summed E-state index contributed by atoms with van der Waals surface area (Å²) < 4.78 is 5.66. The number of carbonyl (C=O) groups is 1. The Morgan fingerprint density at radius 2 is 2.10 bits per heavy atom. The Morgan fingerprint density at radius 3 is 2.65 bits per heavy atom. The Labute approximate surface area is 121 Å². The Bertz CT molecular complexity index is 432. The van der Waals surface area contributed by atoms with Gasteiger partial charge in [-0.1, -0.05) is 26.0 Å². The van der Waals surface area contributed by atoms with Crippen molar-refractivity contribution in [3.8, 4) is 5.75 Å². The standard InChI is InChI=1S/C16H26N2O2/c1-12(2)15(11-17)16(19)18(4)8-9-20-14-7-5-6-13(3)10-14/h5-7,10,12,15H,8-9,11,17H2,1-4H3. The average Bonchev–Trinajstić information content (AvgIpc) is 2.38. The van der Waals surface area contributed by atoms with E-state index in [4.69, 9.17) is 10.5 Å². The predicted octanol–water partition coefficient (Wildman–Crippen LogP) is 2.06. The lowest BCUT2D eigenvalue weighted by Gasteiger charge is -2.25. The van der Waals surface area contributed by atoms with E-state index < -0.39 is 0 Å². The maximum absolute atomic E-state index is 12.2. The molecule has 2 N–H and O–H groups in total. The van der Waals surface area contributed by atoms with E-state index in [9.17, 15) is 4.79 Å². The highest BCUT2D eigenvalue weighted by atomic mass is 16.5. The number of ether oxygens (including phenoxy) is 1. The fraction of sp³-hybridized carbons (Fsp3) is 0.562. The van der Waals surface area contributed by atoms with E-state index in [1.165, 1.54) is 0 Å². The molecule has 0 aliphatic rings. The third-order valence-corrected chi connectivity index (χ3v) is 3.44. The highest BCUT2D eigenvalue weighted by molar-refractivity contribution is 5.79. The van der Waals surface area contributed by atoms with Gasteiger partial charge >= 0.3 is 0 Å². The summed E-state index contributed by atoms with van der Waals surface area (Å²) >= 11 is 0. The maximum Gasteiger partial charge on any atom is 0.227 e. The second-order valence-electron chi connectivity index (χ2n) is 5.51. The van der Waals surface area contributed by atoms with Gasteiger partial charge in [0.25, 0.3) is 0 Å². The van der Waals surface area contributed by atoms with Crippen molar-refractivity contribution in [2.75, 3.05) is 26.7 Å². The van der Waals surface area contributed by atoms with E-state index in [1.54, 1.807) is 11.9 Å². The molecule has 0 spiro atoms.